The van der Waals surface area contributed by atoms with Crippen molar-refractivity contribution in [3.63, 3.8) is 0 Å². The highest BCUT2D eigenvalue weighted by Crippen LogP contribution is 2.21. The molecule has 2 N–H and O–H groups in total. The van der Waals surface area contributed by atoms with Crippen LogP contribution >= 0.6 is 12.2 Å². The third-order valence-corrected chi connectivity index (χ3v) is 4.44. The molecule has 0 bridgehead atoms. The number of benzene rings is 1. The fourth-order valence-electron chi connectivity index (χ4n) is 2.84. The largest absolute Gasteiger partial charge is 0.462 e. The van der Waals surface area contributed by atoms with E-state index in [1.54, 1.807) is 13.0 Å². The number of allylic oxidation sites excluding steroid dienone is 1. The van der Waals surface area contributed by atoms with Crippen LogP contribution in [0.25, 0.3) is 0 Å². The van der Waals surface area contributed by atoms with Crippen molar-refractivity contribution in [2.45, 2.75) is 46.0 Å². The van der Waals surface area contributed by atoms with Gasteiger partial charge in [-0.25, -0.2) is 4.79 Å². The van der Waals surface area contributed by atoms with Crippen molar-refractivity contribution >= 4 is 29.0 Å². The lowest BCUT2D eigenvalue weighted by atomic mass is 9.97. The molecule has 130 valence electrons. The topological polar surface area (TPSA) is 50.4 Å². The van der Waals surface area contributed by atoms with Crippen molar-refractivity contribution in [1.82, 2.24) is 5.32 Å². The quantitative estimate of drug-likeness (QED) is 0.456. The molecule has 1 aromatic rings. The monoisotopic (exact) mass is 346 g/mol. The van der Waals surface area contributed by atoms with E-state index in [2.05, 4.69) is 16.7 Å². The van der Waals surface area contributed by atoms with E-state index in [1.807, 2.05) is 19.1 Å². The molecule has 4 nitrogen and oxygen atoms in total. The van der Waals surface area contributed by atoms with Gasteiger partial charge in [0.2, 0.25) is 0 Å². The molecule has 24 heavy (non-hydrogen) atoms. The van der Waals surface area contributed by atoms with Crippen LogP contribution in [-0.2, 0) is 4.74 Å². The molecule has 0 fully saturated rings. The van der Waals surface area contributed by atoms with Gasteiger partial charge in [-0.2, -0.15) is 0 Å². The number of hydrogen-bond donors (Lipinski definition) is 2. The molecular weight excluding hydrogens is 320 g/mol. The van der Waals surface area contributed by atoms with Gasteiger partial charge in [0, 0.05) is 12.2 Å². The van der Waals surface area contributed by atoms with Crippen LogP contribution in [0.3, 0.4) is 0 Å². The summed E-state index contributed by atoms with van der Waals surface area (Å²) in [4.78, 5) is 11.9. The summed E-state index contributed by atoms with van der Waals surface area (Å²) < 4.78 is 5.08. The summed E-state index contributed by atoms with van der Waals surface area (Å²) in [5.41, 5.74) is 3.76. The van der Waals surface area contributed by atoms with Crippen LogP contribution in [0, 0.1) is 6.92 Å². The van der Waals surface area contributed by atoms with E-state index in [0.717, 1.165) is 24.2 Å². The molecule has 5 heteroatoms. The number of rotatable bonds is 6. The number of carbonyl (C=O) groups is 1. The van der Waals surface area contributed by atoms with Crippen LogP contribution in [-0.4, -0.2) is 24.2 Å². The molecule has 0 unspecified atom stereocenters. The summed E-state index contributed by atoms with van der Waals surface area (Å²) in [5.74, 6) is -0.304. The van der Waals surface area contributed by atoms with Crippen LogP contribution in [0.4, 0.5) is 5.69 Å². The molecule has 0 aromatic heterocycles. The van der Waals surface area contributed by atoms with Gasteiger partial charge in [0.05, 0.1) is 12.2 Å². The van der Waals surface area contributed by atoms with E-state index in [9.17, 15) is 4.79 Å². The molecule has 0 spiro atoms. The molecule has 0 saturated heterocycles. The normalized spacial score (nSPS) is 13.8. The Morgan fingerprint density at radius 3 is 2.88 bits per heavy atom. The van der Waals surface area contributed by atoms with Crippen molar-refractivity contribution in [3.05, 3.63) is 41.0 Å². The highest BCUT2D eigenvalue weighted by molar-refractivity contribution is 7.80. The molecule has 0 radical (unpaired) electrons. The lowest BCUT2D eigenvalue weighted by Crippen LogP contribution is -2.30. The first-order valence-corrected chi connectivity index (χ1v) is 9.02. The van der Waals surface area contributed by atoms with Gasteiger partial charge >= 0.3 is 5.97 Å². The van der Waals surface area contributed by atoms with Crippen LogP contribution in [0.1, 0.15) is 54.9 Å². The van der Waals surface area contributed by atoms with E-state index >= 15 is 0 Å². The van der Waals surface area contributed by atoms with Crippen LogP contribution in [0.5, 0.6) is 0 Å². The second-order valence-corrected chi connectivity index (χ2v) is 6.35. The zero-order valence-electron chi connectivity index (χ0n) is 14.5. The van der Waals surface area contributed by atoms with E-state index in [-0.39, 0.29) is 5.97 Å². The highest BCUT2D eigenvalue weighted by Gasteiger charge is 2.13. The van der Waals surface area contributed by atoms with Crippen molar-refractivity contribution in [3.8, 4) is 0 Å². The van der Waals surface area contributed by atoms with Crippen LogP contribution in [0.2, 0.25) is 0 Å². The zero-order chi connectivity index (χ0) is 17.4. The number of nitrogens with one attached hydrogen (secondary N) is 2. The van der Waals surface area contributed by atoms with Gasteiger partial charge in [-0.15, -0.1) is 0 Å². The van der Waals surface area contributed by atoms with Gasteiger partial charge < -0.3 is 15.4 Å². The Hall–Kier alpha value is -1.88. The first-order chi connectivity index (χ1) is 11.6. The summed E-state index contributed by atoms with van der Waals surface area (Å²) in [6, 6.07) is 5.51. The lowest BCUT2D eigenvalue weighted by Gasteiger charge is -2.16. The fourth-order valence-corrected chi connectivity index (χ4v) is 3.05. The second-order valence-electron chi connectivity index (χ2n) is 5.94. The standard InChI is InChI=1S/C19H26N2O2S/c1-3-23-18(22)16-10-7-11-17(14(16)2)21-19(24)20-13-12-15-8-5-4-6-9-15/h7-8,10-11H,3-6,9,12-13H2,1-2H3,(H2,20,21,24). The molecule has 2 rings (SSSR count). The summed E-state index contributed by atoms with van der Waals surface area (Å²) in [5, 5.41) is 7.00. The smallest absolute Gasteiger partial charge is 0.338 e. The van der Waals surface area contributed by atoms with Gasteiger partial charge in [-0.05, 0) is 75.9 Å². The van der Waals surface area contributed by atoms with Crippen molar-refractivity contribution < 1.29 is 9.53 Å². The maximum Gasteiger partial charge on any atom is 0.338 e. The number of hydrogen-bond acceptors (Lipinski definition) is 3. The Morgan fingerprint density at radius 1 is 1.33 bits per heavy atom. The fraction of sp³-hybridized carbons (Fsp3) is 0.474. The van der Waals surface area contributed by atoms with E-state index < -0.39 is 0 Å². The molecule has 1 aromatic carbocycles. The highest BCUT2D eigenvalue weighted by atomic mass is 32.1. The Kier molecular flexibility index (Phi) is 7.25. The lowest BCUT2D eigenvalue weighted by molar-refractivity contribution is 0.0525. The van der Waals surface area contributed by atoms with Gasteiger partial charge in [-0.3, -0.25) is 0 Å². The number of esters is 1. The average Bonchev–Trinajstić information content (AvgIpc) is 2.58. The Morgan fingerprint density at radius 2 is 2.17 bits per heavy atom. The molecule has 0 aliphatic heterocycles. The molecule has 0 saturated carbocycles. The number of anilines is 1. The second kappa shape index (κ2) is 9.42. The predicted molar refractivity (Wildman–Crippen MR) is 103 cm³/mol. The van der Waals surface area contributed by atoms with E-state index in [0.29, 0.717) is 17.3 Å². The van der Waals surface area contributed by atoms with Gasteiger partial charge in [0.1, 0.15) is 0 Å². The summed E-state index contributed by atoms with van der Waals surface area (Å²) >= 11 is 5.36. The van der Waals surface area contributed by atoms with E-state index in [1.165, 1.54) is 31.3 Å². The Bertz CT molecular complexity index is 626. The first kappa shape index (κ1) is 18.5. The summed E-state index contributed by atoms with van der Waals surface area (Å²) in [6.07, 6.45) is 8.42. The number of carbonyl (C=O) groups excluding carboxylic acids is 1. The minimum absolute atomic E-state index is 0.304. The minimum atomic E-state index is -0.304. The third kappa shape index (κ3) is 5.34. The van der Waals surface area contributed by atoms with E-state index in [4.69, 9.17) is 17.0 Å². The average molecular weight is 346 g/mol. The SMILES string of the molecule is CCOC(=O)c1cccc(NC(=S)NCCC2=CCCCC2)c1C. The van der Waals surface area contributed by atoms with Crippen LogP contribution in [0.15, 0.2) is 29.8 Å². The molecule has 0 heterocycles. The van der Waals surface area contributed by atoms with Crippen molar-refractivity contribution in [2.75, 3.05) is 18.5 Å². The molecule has 0 atom stereocenters. The number of thiocarbonyl (C=S) groups is 1. The summed E-state index contributed by atoms with van der Waals surface area (Å²) in [7, 11) is 0. The third-order valence-electron chi connectivity index (χ3n) is 4.19. The van der Waals surface area contributed by atoms with Gasteiger partial charge in [-0.1, -0.05) is 17.7 Å². The summed E-state index contributed by atoms with van der Waals surface area (Å²) in [6.45, 7) is 4.89. The zero-order valence-corrected chi connectivity index (χ0v) is 15.3. The predicted octanol–water partition coefficient (Wildman–Crippen LogP) is 4.35. The Labute approximate surface area is 149 Å². The Balaban J connectivity index is 1.88. The van der Waals surface area contributed by atoms with Crippen molar-refractivity contribution in [2.24, 2.45) is 0 Å². The maximum absolute atomic E-state index is 11.9. The van der Waals surface area contributed by atoms with Gasteiger partial charge in [0.25, 0.3) is 0 Å². The molecule has 1 aliphatic rings. The number of ether oxygens (including phenoxy) is 1. The maximum atomic E-state index is 11.9. The first-order valence-electron chi connectivity index (χ1n) is 8.61. The van der Waals surface area contributed by atoms with Gasteiger partial charge in [0.15, 0.2) is 5.11 Å². The minimum Gasteiger partial charge on any atom is -0.462 e. The molecule has 0 amide bonds. The van der Waals surface area contributed by atoms with Crippen LogP contribution < -0.4 is 10.6 Å². The molecule has 1 aliphatic carbocycles. The van der Waals surface area contributed by atoms with Crippen molar-refractivity contribution in [1.29, 1.82) is 0 Å². The molecular formula is C19H26N2O2S.